The molecule has 0 aliphatic carbocycles. The molecular formula is C19H20FN2O4S+. The number of hydrogen-bond acceptors (Lipinski definition) is 4. The molecule has 0 unspecified atom stereocenters. The Balaban J connectivity index is 1.79. The zero-order valence-electron chi connectivity index (χ0n) is 14.6. The van der Waals surface area contributed by atoms with Gasteiger partial charge >= 0.3 is 5.89 Å². The smallest absolute Gasteiger partial charge is 0.353 e. The van der Waals surface area contributed by atoms with Gasteiger partial charge in [-0.1, -0.05) is 18.2 Å². The van der Waals surface area contributed by atoms with Crippen LogP contribution in [-0.2, 0) is 23.1 Å². The van der Waals surface area contributed by atoms with Crippen LogP contribution in [0.3, 0.4) is 0 Å². The van der Waals surface area contributed by atoms with Crippen molar-refractivity contribution in [3.05, 3.63) is 60.2 Å². The number of rotatable bonds is 8. The number of hydrogen-bond donors (Lipinski definition) is 1. The standard InChI is InChI=1S/C19H19FN2O4S/c20-15-8-9-17-18(14-15)26-19(10-11-21-16-6-2-1-3-7-16)22(17)12-4-5-13-27(23,24)25/h1-3,6-9,11,14H,4-5,10,12-13H2/p+1. The average Bonchev–Trinajstić information content (AvgIpc) is 2.95. The van der Waals surface area contributed by atoms with Crippen molar-refractivity contribution in [3.63, 3.8) is 0 Å². The summed E-state index contributed by atoms with van der Waals surface area (Å²) >= 11 is 0. The molecule has 8 heteroatoms. The molecule has 0 atom stereocenters. The lowest BCUT2D eigenvalue weighted by Crippen LogP contribution is -2.37. The molecule has 0 aliphatic heterocycles. The molecule has 6 nitrogen and oxygen atoms in total. The first kappa shape index (κ1) is 19.2. The lowest BCUT2D eigenvalue weighted by atomic mass is 10.3. The fourth-order valence-corrected chi connectivity index (χ4v) is 3.37. The second-order valence-corrected chi connectivity index (χ2v) is 7.68. The molecule has 0 amide bonds. The Morgan fingerprint density at radius 3 is 2.67 bits per heavy atom. The van der Waals surface area contributed by atoms with Gasteiger partial charge in [0.1, 0.15) is 12.2 Å². The number of benzene rings is 2. The summed E-state index contributed by atoms with van der Waals surface area (Å²) in [5, 5.41) is 0. The molecular weight excluding hydrogens is 371 g/mol. The van der Waals surface area contributed by atoms with E-state index < -0.39 is 10.1 Å². The molecule has 0 saturated carbocycles. The topological polar surface area (TPSA) is 83.8 Å². The van der Waals surface area contributed by atoms with E-state index in [1.54, 1.807) is 12.3 Å². The SMILES string of the molecule is O=S(=O)(O)CCCC[n+]1c(CC=Nc2ccccc2)oc2cc(F)ccc21. The van der Waals surface area contributed by atoms with Crippen molar-refractivity contribution in [3.8, 4) is 0 Å². The number of halogens is 1. The van der Waals surface area contributed by atoms with Gasteiger partial charge in [-0.3, -0.25) is 9.55 Å². The highest BCUT2D eigenvalue weighted by Crippen LogP contribution is 2.16. The second-order valence-electron chi connectivity index (χ2n) is 6.10. The summed E-state index contributed by atoms with van der Waals surface area (Å²) in [6.45, 7) is 0.489. The number of aryl methyl sites for hydroxylation is 1. The van der Waals surface area contributed by atoms with Crippen molar-refractivity contribution < 1.29 is 26.3 Å². The third-order valence-electron chi connectivity index (χ3n) is 4.04. The third-order valence-corrected chi connectivity index (χ3v) is 4.84. The van der Waals surface area contributed by atoms with E-state index in [2.05, 4.69) is 4.99 Å². The molecule has 3 rings (SSSR count). The van der Waals surface area contributed by atoms with Crippen LogP contribution in [0.1, 0.15) is 18.7 Å². The van der Waals surface area contributed by atoms with Gasteiger partial charge in [0.15, 0.2) is 6.54 Å². The number of nitrogens with zero attached hydrogens (tertiary/aromatic N) is 2. The van der Waals surface area contributed by atoms with Gasteiger partial charge in [0.05, 0.1) is 11.4 Å². The number of aromatic nitrogens is 1. The highest BCUT2D eigenvalue weighted by Gasteiger charge is 2.22. The summed E-state index contributed by atoms with van der Waals surface area (Å²) in [7, 11) is -3.97. The first-order valence-electron chi connectivity index (χ1n) is 8.56. The Morgan fingerprint density at radius 1 is 1.15 bits per heavy atom. The van der Waals surface area contributed by atoms with Gasteiger partial charge < -0.3 is 4.42 Å². The zero-order chi connectivity index (χ0) is 19.3. The van der Waals surface area contributed by atoms with Crippen LogP contribution in [-0.4, -0.2) is 24.9 Å². The van der Waals surface area contributed by atoms with Gasteiger partial charge in [0.25, 0.3) is 15.6 Å². The van der Waals surface area contributed by atoms with E-state index in [1.165, 1.54) is 12.1 Å². The molecule has 2 aromatic carbocycles. The van der Waals surface area contributed by atoms with Gasteiger partial charge in [0, 0.05) is 24.8 Å². The molecule has 0 bridgehead atoms. The van der Waals surface area contributed by atoms with Crippen molar-refractivity contribution in [2.75, 3.05) is 5.75 Å². The lowest BCUT2D eigenvalue weighted by molar-refractivity contribution is -0.683. The highest BCUT2D eigenvalue weighted by atomic mass is 32.2. The maximum absolute atomic E-state index is 13.5. The first-order chi connectivity index (χ1) is 12.9. The van der Waals surface area contributed by atoms with Crippen LogP contribution in [0.4, 0.5) is 10.1 Å². The molecule has 0 aliphatic rings. The van der Waals surface area contributed by atoms with Gasteiger partial charge in [-0.05, 0) is 24.6 Å². The molecule has 142 valence electrons. The van der Waals surface area contributed by atoms with E-state index in [4.69, 9.17) is 8.97 Å². The number of aliphatic imine (C=N–C) groups is 1. The van der Waals surface area contributed by atoms with Crippen LogP contribution in [0.25, 0.3) is 11.1 Å². The summed E-state index contributed by atoms with van der Waals surface area (Å²) < 4.78 is 51.7. The molecule has 0 spiro atoms. The number of para-hydroxylation sites is 1. The van der Waals surface area contributed by atoms with Crippen molar-refractivity contribution in [2.45, 2.75) is 25.8 Å². The van der Waals surface area contributed by atoms with E-state index >= 15 is 0 Å². The summed E-state index contributed by atoms with van der Waals surface area (Å²) in [5.41, 5.74) is 1.97. The summed E-state index contributed by atoms with van der Waals surface area (Å²) in [6.07, 6.45) is 2.97. The fraction of sp³-hybridized carbons (Fsp3) is 0.263. The van der Waals surface area contributed by atoms with Crippen LogP contribution in [0.2, 0.25) is 0 Å². The van der Waals surface area contributed by atoms with Crippen LogP contribution in [0, 0.1) is 5.82 Å². The number of oxazole rings is 1. The average molecular weight is 391 g/mol. The maximum Gasteiger partial charge on any atom is 0.353 e. The molecule has 1 aromatic heterocycles. The van der Waals surface area contributed by atoms with E-state index in [0.29, 0.717) is 37.3 Å². The highest BCUT2D eigenvalue weighted by molar-refractivity contribution is 7.85. The predicted octanol–water partition coefficient (Wildman–Crippen LogP) is 3.47. The number of unbranched alkanes of at least 4 members (excludes halogenated alkanes) is 1. The van der Waals surface area contributed by atoms with E-state index in [9.17, 15) is 12.8 Å². The molecule has 3 aromatic rings. The van der Waals surface area contributed by atoms with Gasteiger partial charge in [-0.2, -0.15) is 13.0 Å². The van der Waals surface area contributed by atoms with Crippen LogP contribution in [0.5, 0.6) is 0 Å². The third kappa shape index (κ3) is 5.45. The monoisotopic (exact) mass is 391 g/mol. The van der Waals surface area contributed by atoms with Crippen molar-refractivity contribution >= 4 is 33.1 Å². The number of fused-ring (bicyclic) bond motifs is 1. The van der Waals surface area contributed by atoms with Crippen molar-refractivity contribution in [1.29, 1.82) is 0 Å². The molecule has 0 radical (unpaired) electrons. The molecule has 1 N–H and O–H groups in total. The quantitative estimate of drug-likeness (QED) is 0.276. The molecule has 0 fully saturated rings. The van der Waals surface area contributed by atoms with Crippen LogP contribution < -0.4 is 4.57 Å². The second kappa shape index (κ2) is 8.41. The Kier molecular flexibility index (Phi) is 5.98. The van der Waals surface area contributed by atoms with Crippen molar-refractivity contribution in [1.82, 2.24) is 0 Å². The van der Waals surface area contributed by atoms with E-state index in [0.717, 1.165) is 11.2 Å². The maximum atomic E-state index is 13.5. The normalized spacial score (nSPS) is 12.2. The fourth-order valence-electron chi connectivity index (χ4n) is 2.80. The Bertz CT molecular complexity index is 1050. The summed E-state index contributed by atoms with van der Waals surface area (Å²) in [6, 6.07) is 13.8. The van der Waals surface area contributed by atoms with Crippen molar-refractivity contribution in [2.24, 2.45) is 4.99 Å². The minimum absolute atomic E-state index is 0.289. The van der Waals surface area contributed by atoms with Crippen LogP contribution >= 0.6 is 0 Å². The summed E-state index contributed by atoms with van der Waals surface area (Å²) in [4.78, 5) is 4.37. The zero-order valence-corrected chi connectivity index (χ0v) is 15.4. The molecule has 27 heavy (non-hydrogen) atoms. The van der Waals surface area contributed by atoms with E-state index in [-0.39, 0.29) is 11.6 Å². The van der Waals surface area contributed by atoms with Gasteiger partial charge in [0.2, 0.25) is 5.58 Å². The van der Waals surface area contributed by atoms with Gasteiger partial charge in [-0.25, -0.2) is 4.39 Å². The molecule has 0 saturated heterocycles. The Morgan fingerprint density at radius 2 is 1.93 bits per heavy atom. The minimum atomic E-state index is -3.97. The van der Waals surface area contributed by atoms with Gasteiger partial charge in [-0.15, -0.1) is 0 Å². The summed E-state index contributed by atoms with van der Waals surface area (Å²) in [5.74, 6) is -0.0793. The Hall–Kier alpha value is -2.58. The largest absolute Gasteiger partial charge is 0.401 e. The van der Waals surface area contributed by atoms with E-state index in [1.807, 2.05) is 34.9 Å². The molecule has 1 heterocycles. The first-order valence-corrected chi connectivity index (χ1v) is 10.2. The lowest BCUT2D eigenvalue weighted by Gasteiger charge is -1.98. The van der Waals surface area contributed by atoms with Crippen LogP contribution in [0.15, 0.2) is 57.9 Å². The Labute approximate surface area is 156 Å². The predicted molar refractivity (Wildman–Crippen MR) is 100 cm³/mol. The minimum Gasteiger partial charge on any atom is -0.401 e.